The molecule has 0 aliphatic rings. The molecule has 0 aliphatic carbocycles. The lowest BCUT2D eigenvalue weighted by atomic mass is 10.2. The summed E-state index contributed by atoms with van der Waals surface area (Å²) in [6, 6.07) is 7.97. The summed E-state index contributed by atoms with van der Waals surface area (Å²) in [5, 5.41) is 16.3. The number of rotatable bonds is 8. The monoisotopic (exact) mass is 594 g/mol. The van der Waals surface area contributed by atoms with Crippen LogP contribution >= 0.6 is 31.9 Å². The van der Waals surface area contributed by atoms with Crippen molar-refractivity contribution in [2.75, 3.05) is 6.61 Å². The Hall–Kier alpha value is -3.12. The fraction of sp³-hybridized carbons (Fsp3) is 0.273. The third kappa shape index (κ3) is 5.50. The minimum Gasteiger partial charge on any atom is -0.471 e. The molecule has 0 unspecified atom stereocenters. The fourth-order valence-corrected chi connectivity index (χ4v) is 4.00. The van der Waals surface area contributed by atoms with Crippen molar-refractivity contribution in [1.29, 1.82) is 0 Å². The Kier molecular flexibility index (Phi) is 8.15. The molecule has 0 saturated heterocycles. The Morgan fingerprint density at radius 3 is 2.68 bits per heavy atom. The van der Waals surface area contributed by atoms with Crippen molar-refractivity contribution in [2.24, 2.45) is 5.10 Å². The van der Waals surface area contributed by atoms with E-state index >= 15 is 0 Å². The summed E-state index contributed by atoms with van der Waals surface area (Å²) < 4.78 is 12.5. The Balaban J connectivity index is 2.03. The van der Waals surface area contributed by atoms with E-state index in [0.717, 1.165) is 4.47 Å². The van der Waals surface area contributed by atoms with Gasteiger partial charge in [0.25, 0.3) is 5.56 Å². The molecule has 0 bridgehead atoms. The highest BCUT2D eigenvalue weighted by Gasteiger charge is 2.25. The summed E-state index contributed by atoms with van der Waals surface area (Å²) in [4.78, 5) is 40.5. The van der Waals surface area contributed by atoms with Gasteiger partial charge in [0.15, 0.2) is 6.10 Å². The largest absolute Gasteiger partial charge is 0.471 e. The zero-order valence-electron chi connectivity index (χ0n) is 18.4. The predicted octanol–water partition coefficient (Wildman–Crippen LogP) is 4.60. The lowest BCUT2D eigenvalue weighted by Crippen LogP contribution is -2.26. The van der Waals surface area contributed by atoms with Gasteiger partial charge in [0, 0.05) is 22.5 Å². The molecule has 1 aromatic heterocycles. The van der Waals surface area contributed by atoms with E-state index in [2.05, 4.69) is 41.9 Å². The standard InChI is InChI=1S/C22H20Br2N4O6/c1-4-19-26-17-7-6-14(23)10-15(17)21(29)27(19)25-11-13-8-16(24)20(18(9-13)28(31)32)34-12(3)22(30)33-5-2/h6-12H,4-5H2,1-3H3/t12-/m0/s1. The molecule has 3 aromatic rings. The zero-order valence-corrected chi connectivity index (χ0v) is 21.6. The molecule has 1 heterocycles. The maximum atomic E-state index is 13.0. The summed E-state index contributed by atoms with van der Waals surface area (Å²) in [5.41, 5.74) is 0.136. The Labute approximate surface area is 211 Å². The van der Waals surface area contributed by atoms with Crippen LogP contribution in [0.5, 0.6) is 5.75 Å². The Morgan fingerprint density at radius 1 is 1.29 bits per heavy atom. The van der Waals surface area contributed by atoms with Gasteiger partial charge in [0.1, 0.15) is 5.82 Å². The van der Waals surface area contributed by atoms with Gasteiger partial charge in [0.05, 0.1) is 33.1 Å². The van der Waals surface area contributed by atoms with Crippen LogP contribution in [0.4, 0.5) is 5.69 Å². The molecule has 34 heavy (non-hydrogen) atoms. The second-order valence-electron chi connectivity index (χ2n) is 7.02. The van der Waals surface area contributed by atoms with E-state index in [1.54, 1.807) is 25.1 Å². The molecule has 3 rings (SSSR count). The zero-order chi connectivity index (χ0) is 25.0. The van der Waals surface area contributed by atoms with Crippen molar-refractivity contribution in [3.63, 3.8) is 0 Å². The van der Waals surface area contributed by atoms with E-state index < -0.39 is 17.0 Å². The molecule has 10 nitrogen and oxygen atoms in total. The van der Waals surface area contributed by atoms with E-state index in [1.165, 1.54) is 29.9 Å². The number of carbonyl (C=O) groups is 1. The number of esters is 1. The van der Waals surface area contributed by atoms with Crippen molar-refractivity contribution < 1.29 is 19.2 Å². The molecule has 12 heteroatoms. The molecule has 0 radical (unpaired) electrons. The molecular weight excluding hydrogens is 576 g/mol. The molecular formula is C22H20Br2N4O6. The lowest BCUT2D eigenvalue weighted by molar-refractivity contribution is -0.386. The Bertz CT molecular complexity index is 1360. The topological polar surface area (TPSA) is 126 Å². The van der Waals surface area contributed by atoms with E-state index in [-0.39, 0.29) is 28.1 Å². The van der Waals surface area contributed by atoms with Gasteiger partial charge in [-0.1, -0.05) is 22.9 Å². The van der Waals surface area contributed by atoms with Gasteiger partial charge in [-0.25, -0.2) is 9.78 Å². The molecule has 1 atom stereocenters. The maximum Gasteiger partial charge on any atom is 0.347 e. The molecule has 2 aromatic carbocycles. The molecule has 0 saturated carbocycles. The average Bonchev–Trinajstić information content (AvgIpc) is 2.79. The number of fused-ring (bicyclic) bond motifs is 1. The molecule has 0 fully saturated rings. The van der Waals surface area contributed by atoms with Gasteiger partial charge >= 0.3 is 11.7 Å². The van der Waals surface area contributed by atoms with E-state index in [1.807, 2.05) is 6.92 Å². The van der Waals surface area contributed by atoms with E-state index in [0.29, 0.717) is 28.7 Å². The average molecular weight is 596 g/mol. The molecule has 178 valence electrons. The fourth-order valence-electron chi connectivity index (χ4n) is 3.08. The number of hydrogen-bond donors (Lipinski definition) is 0. The minimum atomic E-state index is -1.05. The first-order valence-electron chi connectivity index (χ1n) is 10.2. The summed E-state index contributed by atoms with van der Waals surface area (Å²) in [6.07, 6.45) is 0.715. The third-order valence-electron chi connectivity index (χ3n) is 4.67. The van der Waals surface area contributed by atoms with Gasteiger partial charge < -0.3 is 9.47 Å². The number of nitrogens with zero attached hydrogens (tertiary/aromatic N) is 4. The normalized spacial score (nSPS) is 12.1. The number of benzene rings is 2. The van der Waals surface area contributed by atoms with E-state index in [9.17, 15) is 19.7 Å². The number of aryl methyl sites for hydroxylation is 1. The number of nitro benzene ring substituents is 1. The molecule has 0 spiro atoms. The van der Waals surface area contributed by atoms with Crippen LogP contribution < -0.4 is 10.3 Å². The number of halogens is 2. The van der Waals surface area contributed by atoms with Gasteiger partial charge in [-0.05, 0) is 54.0 Å². The van der Waals surface area contributed by atoms with Crippen molar-refractivity contribution in [3.8, 4) is 5.75 Å². The SMILES string of the molecule is CCOC(=O)[C@H](C)Oc1c(Br)cc(C=Nn2c(CC)nc3ccc(Br)cc3c2=O)cc1[N+](=O)[O-]. The second kappa shape index (κ2) is 10.9. The van der Waals surface area contributed by atoms with Gasteiger partial charge in [-0.3, -0.25) is 14.9 Å². The quantitative estimate of drug-likeness (QED) is 0.161. The summed E-state index contributed by atoms with van der Waals surface area (Å²) in [6.45, 7) is 5.09. The second-order valence-corrected chi connectivity index (χ2v) is 8.79. The van der Waals surface area contributed by atoms with Crippen LogP contribution in [0.15, 0.2) is 49.2 Å². The van der Waals surface area contributed by atoms with Crippen LogP contribution in [-0.4, -0.2) is 39.5 Å². The van der Waals surface area contributed by atoms with Crippen LogP contribution in [0.1, 0.15) is 32.2 Å². The minimum absolute atomic E-state index is 0.119. The van der Waals surface area contributed by atoms with Crippen LogP contribution in [0.25, 0.3) is 10.9 Å². The number of hydrogen-bond acceptors (Lipinski definition) is 8. The summed E-state index contributed by atoms with van der Waals surface area (Å²) >= 11 is 6.61. The maximum absolute atomic E-state index is 13.0. The summed E-state index contributed by atoms with van der Waals surface area (Å²) in [7, 11) is 0. The number of carbonyl (C=O) groups excluding carboxylic acids is 1. The van der Waals surface area contributed by atoms with Gasteiger partial charge in [-0.2, -0.15) is 9.78 Å². The third-order valence-corrected chi connectivity index (χ3v) is 5.75. The van der Waals surface area contributed by atoms with Crippen molar-refractivity contribution in [3.05, 3.63) is 71.1 Å². The lowest BCUT2D eigenvalue weighted by Gasteiger charge is -2.15. The van der Waals surface area contributed by atoms with Crippen LogP contribution in [-0.2, 0) is 16.0 Å². The van der Waals surface area contributed by atoms with Crippen LogP contribution in [0, 0.1) is 10.1 Å². The first kappa shape index (κ1) is 25.5. The van der Waals surface area contributed by atoms with Crippen LogP contribution in [0.3, 0.4) is 0 Å². The molecule has 0 aliphatic heterocycles. The molecule has 0 N–H and O–H groups in total. The molecule has 0 amide bonds. The van der Waals surface area contributed by atoms with Crippen molar-refractivity contribution in [2.45, 2.75) is 33.3 Å². The smallest absolute Gasteiger partial charge is 0.347 e. The Morgan fingerprint density at radius 2 is 2.03 bits per heavy atom. The highest BCUT2D eigenvalue weighted by Crippen LogP contribution is 2.37. The van der Waals surface area contributed by atoms with E-state index in [4.69, 9.17) is 9.47 Å². The van der Waals surface area contributed by atoms with Crippen molar-refractivity contribution in [1.82, 2.24) is 9.66 Å². The number of aromatic nitrogens is 2. The first-order valence-corrected chi connectivity index (χ1v) is 11.8. The number of ether oxygens (including phenoxy) is 2. The van der Waals surface area contributed by atoms with Gasteiger partial charge in [-0.15, -0.1) is 0 Å². The van der Waals surface area contributed by atoms with Crippen molar-refractivity contribution >= 4 is 60.6 Å². The first-order chi connectivity index (χ1) is 16.2. The van der Waals surface area contributed by atoms with Crippen LogP contribution in [0.2, 0.25) is 0 Å². The predicted molar refractivity (Wildman–Crippen MR) is 134 cm³/mol. The summed E-state index contributed by atoms with van der Waals surface area (Å²) in [5.74, 6) is -0.324. The van der Waals surface area contributed by atoms with Gasteiger partial charge in [0.2, 0.25) is 5.75 Å². The highest BCUT2D eigenvalue weighted by molar-refractivity contribution is 9.10. The number of nitro groups is 1. The highest BCUT2D eigenvalue weighted by atomic mass is 79.9.